The van der Waals surface area contributed by atoms with Crippen LogP contribution in [0.2, 0.25) is 0 Å². The van der Waals surface area contributed by atoms with Gasteiger partial charge in [0.25, 0.3) is 5.79 Å². The van der Waals surface area contributed by atoms with Crippen LogP contribution < -0.4 is 14.2 Å². The lowest BCUT2D eigenvalue weighted by molar-refractivity contribution is -0.213. The number of carbonyl (C=O) groups excluding carboxylic acids is 7. The number of hydrogen-bond donors (Lipinski definition) is 0. The zero-order valence-corrected chi connectivity index (χ0v) is 22.9. The second kappa shape index (κ2) is 11.4. The van der Waals surface area contributed by atoms with Crippen molar-refractivity contribution >= 4 is 41.4 Å². The summed E-state index contributed by atoms with van der Waals surface area (Å²) in [5, 5.41) is 0. The zero-order valence-electron chi connectivity index (χ0n) is 22.9. The fourth-order valence-corrected chi connectivity index (χ4v) is 4.66. The number of carbonyl (C=O) groups is 7. The molecule has 0 radical (unpaired) electrons. The van der Waals surface area contributed by atoms with Gasteiger partial charge in [0.2, 0.25) is 6.10 Å². The Balaban J connectivity index is 2.32. The van der Waals surface area contributed by atoms with Crippen molar-refractivity contribution in [2.24, 2.45) is 0 Å². The molecule has 0 bridgehead atoms. The highest BCUT2D eigenvalue weighted by atomic mass is 16.8. The van der Waals surface area contributed by atoms with Gasteiger partial charge in [-0.05, 0) is 13.8 Å². The van der Waals surface area contributed by atoms with Gasteiger partial charge in [-0.3, -0.25) is 33.6 Å². The molecule has 0 amide bonds. The quantitative estimate of drug-likeness (QED) is 0.191. The molecule has 3 rings (SSSR count). The third-order valence-electron chi connectivity index (χ3n) is 5.85. The second-order valence-corrected chi connectivity index (χ2v) is 9.17. The average Bonchev–Trinajstić information content (AvgIpc) is 3.29. The maximum Gasteiger partial charge on any atom is 0.308 e. The molecule has 4 atom stereocenters. The van der Waals surface area contributed by atoms with Crippen LogP contribution in [0, 0.1) is 0 Å². The zero-order chi connectivity index (χ0) is 30.1. The van der Waals surface area contributed by atoms with Gasteiger partial charge in [0.1, 0.15) is 29.6 Å². The van der Waals surface area contributed by atoms with Gasteiger partial charge in [-0.15, -0.1) is 0 Å². The highest BCUT2D eigenvalue weighted by Crippen LogP contribution is 2.54. The summed E-state index contributed by atoms with van der Waals surface area (Å²) >= 11 is 0. The molecule has 1 fully saturated rings. The molecular weight excluding hydrogens is 536 g/mol. The van der Waals surface area contributed by atoms with E-state index in [1.165, 1.54) is 0 Å². The highest BCUT2D eigenvalue weighted by molar-refractivity contribution is 6.09. The molecule has 14 nitrogen and oxygen atoms in total. The third kappa shape index (κ3) is 5.96. The third-order valence-corrected chi connectivity index (χ3v) is 5.85. The maximum absolute atomic E-state index is 12.9. The number of hydrogen-bond acceptors (Lipinski definition) is 14. The molecule has 0 aromatic heterocycles. The van der Waals surface area contributed by atoms with E-state index >= 15 is 0 Å². The highest BCUT2D eigenvalue weighted by Gasteiger charge is 2.65. The van der Waals surface area contributed by atoms with Crippen LogP contribution in [0.5, 0.6) is 17.2 Å². The maximum atomic E-state index is 12.9. The van der Waals surface area contributed by atoms with Gasteiger partial charge in [0.15, 0.2) is 29.2 Å². The van der Waals surface area contributed by atoms with Gasteiger partial charge in [0, 0.05) is 46.6 Å². The van der Waals surface area contributed by atoms with Crippen LogP contribution in [0.3, 0.4) is 0 Å². The van der Waals surface area contributed by atoms with Gasteiger partial charge in [-0.2, -0.15) is 0 Å². The predicted octanol–water partition coefficient (Wildman–Crippen LogP) is 1.40. The summed E-state index contributed by atoms with van der Waals surface area (Å²) in [6.07, 6.45) is -4.47. The Labute approximate surface area is 228 Å². The van der Waals surface area contributed by atoms with E-state index in [9.17, 15) is 33.6 Å². The smallest absolute Gasteiger partial charge is 0.308 e. The van der Waals surface area contributed by atoms with Gasteiger partial charge in [-0.25, -0.2) is 0 Å². The van der Waals surface area contributed by atoms with E-state index in [0.29, 0.717) is 0 Å². The molecule has 2 aliphatic heterocycles. The minimum atomic E-state index is -2.03. The molecule has 0 N–H and O–H groups in total. The molecule has 1 saturated heterocycles. The SMILES string of the molecule is CC(=O)OC[C@H]1O[C@@]2(Cc3c(OC(C)=O)c(C(C)=O)c(OC(C)=O)c(C(C)=O)c3O2)[C@H](OC(C)=O)[C@@H]1OC(C)=O. The van der Waals surface area contributed by atoms with Crippen LogP contribution in [0.4, 0.5) is 0 Å². The molecule has 14 heteroatoms. The lowest BCUT2D eigenvalue weighted by Gasteiger charge is -2.30. The minimum absolute atomic E-state index is 0.0200. The first-order chi connectivity index (χ1) is 18.6. The first kappa shape index (κ1) is 30.2. The second-order valence-electron chi connectivity index (χ2n) is 9.17. The van der Waals surface area contributed by atoms with Crippen molar-refractivity contribution in [1.82, 2.24) is 0 Å². The largest absolute Gasteiger partial charge is 0.463 e. The van der Waals surface area contributed by atoms with Crippen LogP contribution in [-0.2, 0) is 49.3 Å². The molecule has 1 aromatic rings. The first-order valence-corrected chi connectivity index (χ1v) is 12.0. The molecule has 1 spiro atoms. The molecule has 216 valence electrons. The Morgan fingerprint density at radius 1 is 0.725 bits per heavy atom. The summed E-state index contributed by atoms with van der Waals surface area (Å²) in [5.41, 5.74) is -0.751. The molecule has 0 saturated carbocycles. The summed E-state index contributed by atoms with van der Waals surface area (Å²) in [4.78, 5) is 85.3. The summed E-state index contributed by atoms with van der Waals surface area (Å²) in [5.74, 6) is -8.63. The average molecular weight is 564 g/mol. The van der Waals surface area contributed by atoms with Crippen molar-refractivity contribution in [1.29, 1.82) is 0 Å². The van der Waals surface area contributed by atoms with Gasteiger partial charge in [-0.1, -0.05) is 0 Å². The standard InChI is InChI=1S/C26H28O14/c1-10(27)19-21(35-13(4)30)17-8-26(40-22(17)20(11(2)28)24(19)37-15(6)32)25(38-16(7)33)23(36-14(5)31)18(39-26)9-34-12(3)29/h18,23,25H,8-9H2,1-7H3/t18-,23-,25-,26-/m1/s1. The number of ether oxygens (including phenoxy) is 7. The summed E-state index contributed by atoms with van der Waals surface area (Å²) in [7, 11) is 0. The van der Waals surface area contributed by atoms with Crippen LogP contribution >= 0.6 is 0 Å². The Bertz CT molecular complexity index is 1310. The molecule has 2 aliphatic rings. The number of fused-ring (bicyclic) bond motifs is 1. The number of ketones is 2. The number of Topliss-reactive ketones (excluding diaryl/α,β-unsaturated/α-hetero) is 2. The van der Waals surface area contributed by atoms with Crippen LogP contribution in [0.1, 0.15) is 74.7 Å². The van der Waals surface area contributed by atoms with Crippen molar-refractivity contribution in [2.75, 3.05) is 6.61 Å². The Hall–Kier alpha value is -4.33. The molecule has 0 aliphatic carbocycles. The Kier molecular flexibility index (Phi) is 8.63. The Morgan fingerprint density at radius 2 is 1.27 bits per heavy atom. The molecule has 0 unspecified atom stereocenters. The predicted molar refractivity (Wildman–Crippen MR) is 129 cm³/mol. The first-order valence-electron chi connectivity index (χ1n) is 12.0. The fourth-order valence-electron chi connectivity index (χ4n) is 4.66. The van der Waals surface area contributed by atoms with E-state index in [1.807, 2.05) is 0 Å². The van der Waals surface area contributed by atoms with Crippen LogP contribution in [-0.4, -0.2) is 72.1 Å². The van der Waals surface area contributed by atoms with Crippen molar-refractivity contribution in [3.8, 4) is 17.2 Å². The van der Waals surface area contributed by atoms with E-state index in [4.69, 9.17) is 33.2 Å². The minimum Gasteiger partial charge on any atom is -0.463 e. The van der Waals surface area contributed by atoms with E-state index in [2.05, 4.69) is 0 Å². The van der Waals surface area contributed by atoms with Gasteiger partial charge >= 0.3 is 29.8 Å². The lowest BCUT2D eigenvalue weighted by Crippen LogP contribution is -2.50. The monoisotopic (exact) mass is 564 g/mol. The van der Waals surface area contributed by atoms with Crippen LogP contribution in [0.25, 0.3) is 0 Å². The summed E-state index contributed by atoms with van der Waals surface area (Å²) in [6.45, 7) is 7.20. The van der Waals surface area contributed by atoms with Crippen LogP contribution in [0.15, 0.2) is 0 Å². The van der Waals surface area contributed by atoms with Gasteiger partial charge < -0.3 is 33.2 Å². The van der Waals surface area contributed by atoms with E-state index in [1.54, 1.807) is 0 Å². The lowest BCUT2D eigenvalue weighted by atomic mass is 9.93. The number of benzene rings is 1. The molecule has 2 heterocycles. The number of rotatable bonds is 8. The van der Waals surface area contributed by atoms with Gasteiger partial charge in [0.05, 0.1) is 0 Å². The molecular formula is C26H28O14. The molecule has 1 aromatic carbocycles. The van der Waals surface area contributed by atoms with E-state index < -0.39 is 84.3 Å². The van der Waals surface area contributed by atoms with Crippen molar-refractivity contribution in [2.45, 2.75) is 79.0 Å². The van der Waals surface area contributed by atoms with E-state index in [-0.39, 0.29) is 28.2 Å². The van der Waals surface area contributed by atoms with Crippen molar-refractivity contribution in [3.05, 3.63) is 16.7 Å². The molecule has 40 heavy (non-hydrogen) atoms. The topological polar surface area (TPSA) is 184 Å². The fraction of sp³-hybridized carbons (Fsp3) is 0.500. The number of esters is 5. The van der Waals surface area contributed by atoms with Crippen molar-refractivity contribution in [3.63, 3.8) is 0 Å². The van der Waals surface area contributed by atoms with Crippen molar-refractivity contribution < 1.29 is 66.7 Å². The van der Waals surface area contributed by atoms with E-state index in [0.717, 1.165) is 48.5 Å². The normalized spacial score (nSPS) is 22.5. The summed E-state index contributed by atoms with van der Waals surface area (Å²) < 4.78 is 38.7. The summed E-state index contributed by atoms with van der Waals surface area (Å²) in [6, 6.07) is 0. The Morgan fingerprint density at radius 3 is 1.75 bits per heavy atom.